The van der Waals surface area contributed by atoms with E-state index in [9.17, 15) is 9.59 Å². The third-order valence-corrected chi connectivity index (χ3v) is 2.81. The molecule has 0 radical (unpaired) electrons. The van der Waals surface area contributed by atoms with Crippen molar-refractivity contribution >= 4 is 19.0 Å². The number of nitrogens with one attached hydrogen (secondary N) is 2. The van der Waals surface area contributed by atoms with Crippen molar-refractivity contribution < 1.29 is 29.0 Å². The summed E-state index contributed by atoms with van der Waals surface area (Å²) in [7, 11) is 0. The number of hydrogen-bond acceptors (Lipinski definition) is 5. The maximum absolute atomic E-state index is 11.4. The second-order valence-electron chi connectivity index (χ2n) is 6.38. The van der Waals surface area contributed by atoms with Crippen LogP contribution in [0.4, 0.5) is 4.79 Å². The van der Waals surface area contributed by atoms with Gasteiger partial charge in [0.15, 0.2) is 0 Å². The van der Waals surface area contributed by atoms with E-state index in [4.69, 9.17) is 19.4 Å². The second kappa shape index (κ2) is 13.5. The number of ether oxygens (including phenoxy) is 2. The largest absolute Gasteiger partial charge is 0.527 e. The van der Waals surface area contributed by atoms with Crippen LogP contribution in [0.15, 0.2) is 24.3 Å². The Hall–Kier alpha value is -3.77. The van der Waals surface area contributed by atoms with Gasteiger partial charge in [-0.15, -0.1) is 0 Å². The number of alkyl carbamates (subject to hydrolysis) is 1. The summed E-state index contributed by atoms with van der Waals surface area (Å²) in [5.41, 5.74) is 0.591. The summed E-state index contributed by atoms with van der Waals surface area (Å²) in [5, 5.41) is 12.1. The van der Waals surface area contributed by atoms with E-state index in [1.54, 1.807) is 6.41 Å². The molecule has 8 nitrogen and oxygen atoms in total. The van der Waals surface area contributed by atoms with Gasteiger partial charge >= 0.3 is 6.09 Å². The molecular weight excluding hydrogens is 597 g/mol. The molecule has 0 heterocycles. The van der Waals surface area contributed by atoms with Crippen LogP contribution in [0.1, 0.15) is 33.3 Å². The van der Waals surface area contributed by atoms with Gasteiger partial charge in [-0.1, -0.05) is 12.1 Å². The van der Waals surface area contributed by atoms with Crippen LogP contribution < -0.4 is 15.4 Å². The number of benzene rings is 1. The molecule has 0 saturated heterocycles. The molecule has 1 aromatic rings. The quantitative estimate of drug-likeness (QED) is 0.176. The standard InChI is InChI=1S/C17H25N2O4.CH2O2.Fm/c1-13(19-12-20)11-14-5-7-15(8-6-14)22-10-9-18-16(21)23-17(2,3)4;2-1-3;/h5-8,13H,9-11H2,1-4H3,(H,18,21)(H,19,20);1H,(H,2,3);/q-1;;. The first-order valence-electron chi connectivity index (χ1n) is 8.11. The van der Waals surface area contributed by atoms with Crippen LogP contribution >= 0.6 is 0 Å². The minimum atomic E-state index is -0.506. The zero-order valence-corrected chi connectivity index (χ0v) is 18.3. The van der Waals surface area contributed by atoms with Crippen LogP contribution in [0.5, 0.6) is 5.75 Å². The van der Waals surface area contributed by atoms with E-state index < -0.39 is 11.7 Å². The van der Waals surface area contributed by atoms with Gasteiger partial charge in [0.2, 0.25) is 0 Å². The monoisotopic (exact) mass is 624 g/mol. The molecule has 3 N–H and O–H groups in total. The van der Waals surface area contributed by atoms with Gasteiger partial charge in [0.1, 0.15) is 18.0 Å². The van der Waals surface area contributed by atoms with Gasteiger partial charge in [0.25, 0.3) is 6.47 Å². The first-order chi connectivity index (χ1) is 12.2. The Morgan fingerprint density at radius 1 is 1.30 bits per heavy atom. The van der Waals surface area contributed by atoms with Crippen molar-refractivity contribution in [2.45, 2.75) is 45.8 Å². The predicted octanol–water partition coefficient (Wildman–Crippen LogP) is 1.88. The number of amides is 2. The van der Waals surface area contributed by atoms with Crippen LogP contribution in [0, 0.1) is 0 Å². The number of carbonyl (C=O) groups excluding carboxylic acids is 2. The summed E-state index contributed by atoms with van der Waals surface area (Å²) >= 11 is 0. The molecule has 27 heavy (non-hydrogen) atoms. The Bertz CT molecular complexity index is 546. The molecule has 2 amide bonds. The summed E-state index contributed by atoms with van der Waals surface area (Å²) in [4.78, 5) is 30.0. The van der Waals surface area contributed by atoms with Crippen molar-refractivity contribution in [3.63, 3.8) is 0 Å². The average molecular weight is 624 g/mol. The van der Waals surface area contributed by atoms with E-state index >= 15 is 0 Å². The summed E-state index contributed by atoms with van der Waals surface area (Å²) < 4.78 is 10.7. The molecule has 1 aromatic carbocycles. The fourth-order valence-corrected chi connectivity index (χ4v) is 1.86. The normalized spacial score (nSPS) is 10.8. The third kappa shape index (κ3) is 14.3. The zero-order valence-electron chi connectivity index (χ0n) is 15.9. The zero-order chi connectivity index (χ0) is 20.0. The average Bonchev–Trinajstić information content (AvgIpc) is 2.52. The molecular formula is C18H27FmN2O6-. The van der Waals surface area contributed by atoms with Crippen LogP contribution in [-0.4, -0.2) is 48.9 Å². The molecule has 0 spiro atoms. The van der Waals surface area contributed by atoms with Crippen molar-refractivity contribution in [1.82, 2.24) is 10.6 Å². The fourth-order valence-electron chi connectivity index (χ4n) is 1.86. The summed E-state index contributed by atoms with van der Waals surface area (Å²) in [6.07, 6.45) is 1.97. The van der Waals surface area contributed by atoms with Crippen LogP contribution in [0.25, 0.3) is 0 Å². The molecule has 1 unspecified atom stereocenters. The minimum Gasteiger partial charge on any atom is -0.527 e. The Labute approximate surface area is 153 Å². The molecule has 0 aliphatic heterocycles. The van der Waals surface area contributed by atoms with E-state index in [1.165, 1.54) is 0 Å². The van der Waals surface area contributed by atoms with Crippen molar-refractivity contribution in [2.24, 2.45) is 0 Å². The molecule has 0 fully saturated rings. The van der Waals surface area contributed by atoms with Gasteiger partial charge in [-0.3, -0.25) is 4.79 Å². The van der Waals surface area contributed by atoms with Gasteiger partial charge in [-0.25, -0.2) is 4.79 Å². The Morgan fingerprint density at radius 2 is 1.85 bits per heavy atom. The summed E-state index contributed by atoms with van der Waals surface area (Å²) in [6, 6.07) is 7.65. The Balaban J connectivity index is 0. The number of hydrogen-bond donors (Lipinski definition) is 3. The predicted molar refractivity (Wildman–Crippen MR) is 96.9 cm³/mol. The van der Waals surface area contributed by atoms with Gasteiger partial charge < -0.3 is 30.0 Å². The Kier molecular flexibility index (Phi) is 12.7. The van der Waals surface area contributed by atoms with Crippen molar-refractivity contribution in [3.8, 4) is 5.75 Å². The molecule has 0 aliphatic carbocycles. The molecule has 0 bridgehead atoms. The maximum Gasteiger partial charge on any atom is 0.407 e. The number of carboxylic acid groups (broad SMARTS) is 1. The van der Waals surface area contributed by atoms with E-state index in [0.29, 0.717) is 13.2 Å². The van der Waals surface area contributed by atoms with E-state index in [0.717, 1.165) is 17.7 Å². The molecule has 0 aliphatic rings. The van der Waals surface area contributed by atoms with Crippen molar-refractivity contribution in [3.05, 3.63) is 29.8 Å². The molecule has 158 valence electrons. The number of rotatable bonds is 8. The molecule has 0 saturated carbocycles. The second-order valence-corrected chi connectivity index (χ2v) is 6.38. The van der Waals surface area contributed by atoms with Crippen LogP contribution in [0.2, 0.25) is 0 Å². The maximum atomic E-state index is 11.4. The van der Waals surface area contributed by atoms with Crippen LogP contribution in [-0.2, 0) is 20.7 Å². The first-order valence-corrected chi connectivity index (χ1v) is 8.11. The van der Waals surface area contributed by atoms with E-state index in [-0.39, 0.29) is 12.5 Å². The third-order valence-electron chi connectivity index (χ3n) is 2.81. The SMILES string of the molecule is CC(Cc1ccc(OCCNC(=O)OC(C)(C)C)cc1)N[C-]=O.O=CO.[Fm]. The topological polar surface area (TPSA) is 114 Å². The van der Waals surface area contributed by atoms with Gasteiger partial charge in [0.05, 0.1) is 6.54 Å². The Morgan fingerprint density at radius 3 is 2.33 bits per heavy atom. The van der Waals surface area contributed by atoms with Crippen molar-refractivity contribution in [1.29, 1.82) is 0 Å². The van der Waals surface area contributed by atoms with E-state index in [1.807, 2.05) is 52.0 Å². The van der Waals surface area contributed by atoms with E-state index in [2.05, 4.69) is 10.6 Å². The van der Waals surface area contributed by atoms with Gasteiger partial charge in [-0.05, 0) is 57.9 Å². The fraction of sp³-hybridized carbons (Fsp3) is 0.500. The van der Waals surface area contributed by atoms with Gasteiger partial charge in [-0.2, -0.15) is 6.41 Å². The van der Waals surface area contributed by atoms with Crippen LogP contribution in [0.3, 0.4) is 0 Å². The molecule has 9 heteroatoms. The summed E-state index contributed by atoms with van der Waals surface area (Å²) in [6.45, 7) is 7.83. The molecule has 1 rings (SSSR count). The van der Waals surface area contributed by atoms with Gasteiger partial charge in [0, 0.05) is 0 Å². The first kappa shape index (κ1) is 25.5. The summed E-state index contributed by atoms with van der Waals surface area (Å²) in [5.74, 6) is 0.724. The number of carbonyl (C=O) groups is 2. The molecule has 1 atom stereocenters. The minimum absolute atomic E-state index is 0. The smallest absolute Gasteiger partial charge is 0.407 e. The molecule has 0 aromatic heterocycles. The van der Waals surface area contributed by atoms with Crippen molar-refractivity contribution in [2.75, 3.05) is 13.2 Å².